The first-order valence-corrected chi connectivity index (χ1v) is 10.4. The van der Waals surface area contributed by atoms with Crippen molar-refractivity contribution < 1.29 is 13.2 Å². The zero-order valence-electron chi connectivity index (χ0n) is 14.5. The minimum atomic E-state index is -3.28. The zero-order chi connectivity index (χ0) is 18.9. The van der Waals surface area contributed by atoms with Crippen LogP contribution in [0.25, 0.3) is 5.69 Å². The molecule has 2 unspecified atom stereocenters. The van der Waals surface area contributed by atoms with E-state index in [0.29, 0.717) is 24.9 Å². The first-order chi connectivity index (χ1) is 12.2. The average Bonchev–Trinajstić information content (AvgIpc) is 3.19. The predicted molar refractivity (Wildman–Crippen MR) is 98.9 cm³/mol. The van der Waals surface area contributed by atoms with Crippen LogP contribution in [0.4, 0.5) is 5.69 Å². The fraction of sp³-hybridized carbons (Fsp3) is 0.438. The van der Waals surface area contributed by atoms with Gasteiger partial charge in [0.1, 0.15) is 5.69 Å². The van der Waals surface area contributed by atoms with E-state index in [-0.39, 0.29) is 23.0 Å². The number of carbonyl (C=O) groups excluding carboxylic acids is 1. The Bertz CT molecular complexity index is 900. The summed E-state index contributed by atoms with van der Waals surface area (Å²) in [5, 5.41) is 4.45. The summed E-state index contributed by atoms with van der Waals surface area (Å²) in [6, 6.07) is 3.41. The monoisotopic (exact) mass is 397 g/mol. The van der Waals surface area contributed by atoms with Gasteiger partial charge in [-0.2, -0.15) is 5.10 Å². The lowest BCUT2D eigenvalue weighted by atomic mass is 10.1. The molecule has 1 fully saturated rings. The lowest BCUT2D eigenvalue weighted by Gasteiger charge is -2.20. The van der Waals surface area contributed by atoms with Crippen molar-refractivity contribution in [3.8, 4) is 5.69 Å². The quantitative estimate of drug-likeness (QED) is 0.826. The first-order valence-electron chi connectivity index (χ1n) is 8.15. The largest absolute Gasteiger partial charge is 0.311 e. The zero-order valence-corrected chi connectivity index (χ0v) is 16.0. The molecule has 0 aliphatic heterocycles. The molecule has 1 aliphatic rings. The van der Waals surface area contributed by atoms with Crippen LogP contribution in [0.3, 0.4) is 0 Å². The molecule has 140 valence electrons. The summed E-state index contributed by atoms with van der Waals surface area (Å²) in [6.07, 6.45) is 7.86. The number of amides is 1. The molecule has 0 radical (unpaired) electrons. The van der Waals surface area contributed by atoms with Gasteiger partial charge in [0.05, 0.1) is 24.3 Å². The lowest BCUT2D eigenvalue weighted by molar-refractivity contribution is -0.121. The van der Waals surface area contributed by atoms with Gasteiger partial charge in [0.15, 0.2) is 5.15 Å². The average molecular weight is 398 g/mol. The topological polar surface area (TPSA) is 97.2 Å². The highest BCUT2D eigenvalue weighted by molar-refractivity contribution is 7.88. The molecule has 26 heavy (non-hydrogen) atoms. The summed E-state index contributed by atoms with van der Waals surface area (Å²) in [7, 11) is -1.63. The summed E-state index contributed by atoms with van der Waals surface area (Å²) >= 11 is 6.22. The van der Waals surface area contributed by atoms with Crippen molar-refractivity contribution >= 4 is 33.2 Å². The number of carbonyl (C=O) groups is 1. The third-order valence-corrected chi connectivity index (χ3v) is 5.45. The van der Waals surface area contributed by atoms with Gasteiger partial charge in [-0.25, -0.2) is 17.8 Å². The Morgan fingerprint density at radius 2 is 2.19 bits per heavy atom. The Morgan fingerprint density at radius 3 is 2.85 bits per heavy atom. The third kappa shape index (κ3) is 4.22. The Kier molecular flexibility index (Phi) is 5.31. The second-order valence-corrected chi connectivity index (χ2v) is 8.59. The van der Waals surface area contributed by atoms with E-state index in [2.05, 4.69) is 14.8 Å². The Morgan fingerprint density at radius 1 is 1.42 bits per heavy atom. The molecule has 1 aliphatic carbocycles. The van der Waals surface area contributed by atoms with Crippen LogP contribution in [0.2, 0.25) is 5.15 Å². The molecular formula is C16H20ClN5O3S. The minimum Gasteiger partial charge on any atom is -0.311 e. The number of hydrogen-bond acceptors (Lipinski definition) is 5. The summed E-state index contributed by atoms with van der Waals surface area (Å²) in [6.45, 7) is 0. The molecule has 2 heterocycles. The maximum atomic E-state index is 12.8. The van der Waals surface area contributed by atoms with E-state index in [1.54, 1.807) is 36.4 Å². The molecule has 0 saturated heterocycles. The van der Waals surface area contributed by atoms with Crippen molar-refractivity contribution in [3.63, 3.8) is 0 Å². The Labute approximate surface area is 157 Å². The van der Waals surface area contributed by atoms with Gasteiger partial charge >= 0.3 is 0 Å². The van der Waals surface area contributed by atoms with Crippen LogP contribution in [-0.2, 0) is 14.8 Å². The van der Waals surface area contributed by atoms with Crippen LogP contribution in [0.1, 0.15) is 19.3 Å². The van der Waals surface area contributed by atoms with E-state index < -0.39 is 10.0 Å². The number of halogens is 1. The normalized spacial score (nSPS) is 20.3. The van der Waals surface area contributed by atoms with E-state index in [0.717, 1.165) is 11.9 Å². The fourth-order valence-electron chi connectivity index (χ4n) is 3.20. The summed E-state index contributed by atoms with van der Waals surface area (Å²) in [4.78, 5) is 18.3. The van der Waals surface area contributed by atoms with Gasteiger partial charge in [-0.3, -0.25) is 9.78 Å². The number of sulfonamides is 1. The number of aromatic nitrogens is 3. The maximum Gasteiger partial charge on any atom is 0.230 e. The van der Waals surface area contributed by atoms with E-state index in [1.807, 2.05) is 6.07 Å². The van der Waals surface area contributed by atoms with Crippen LogP contribution in [0, 0.1) is 5.92 Å². The number of pyridine rings is 1. The van der Waals surface area contributed by atoms with Crippen LogP contribution in [0.5, 0.6) is 0 Å². The van der Waals surface area contributed by atoms with Crippen molar-refractivity contribution in [2.24, 2.45) is 5.92 Å². The molecule has 0 spiro atoms. The molecule has 8 nitrogen and oxygen atoms in total. The van der Waals surface area contributed by atoms with Crippen LogP contribution < -0.4 is 9.62 Å². The Balaban J connectivity index is 1.72. The molecule has 2 aromatic rings. The van der Waals surface area contributed by atoms with Crippen molar-refractivity contribution in [3.05, 3.63) is 35.9 Å². The standard InChI is InChI=1S/C16H20ClN5O3S/c1-21(16(23)11-5-6-12(8-11)20-26(2,24)25)14-10-22(19-15(14)17)13-4-3-7-18-9-13/h3-4,7,9-12,20H,5-6,8H2,1-2H3. The number of hydrogen-bond donors (Lipinski definition) is 1. The molecule has 3 rings (SSSR count). The van der Waals surface area contributed by atoms with Crippen LogP contribution >= 0.6 is 11.6 Å². The lowest BCUT2D eigenvalue weighted by Crippen LogP contribution is -2.35. The number of rotatable bonds is 5. The van der Waals surface area contributed by atoms with E-state index in [4.69, 9.17) is 11.6 Å². The highest BCUT2D eigenvalue weighted by Gasteiger charge is 2.34. The predicted octanol–water partition coefficient (Wildman–Crippen LogP) is 1.60. The number of anilines is 1. The number of nitrogens with one attached hydrogen (secondary N) is 1. The van der Waals surface area contributed by atoms with E-state index in [9.17, 15) is 13.2 Å². The minimum absolute atomic E-state index is 0.101. The van der Waals surface area contributed by atoms with Crippen LogP contribution in [-0.4, -0.2) is 48.4 Å². The Hall–Kier alpha value is -1.97. The highest BCUT2D eigenvalue weighted by Crippen LogP contribution is 2.31. The molecule has 10 heteroatoms. The SMILES string of the molecule is CN(C(=O)C1CCC(NS(C)(=O)=O)C1)c1cn(-c2cccnc2)nc1Cl. The molecule has 1 N–H and O–H groups in total. The van der Waals surface area contributed by atoms with Gasteiger partial charge in [0, 0.05) is 25.2 Å². The second-order valence-electron chi connectivity index (χ2n) is 6.46. The molecule has 2 atom stereocenters. The molecular weight excluding hydrogens is 378 g/mol. The van der Waals surface area contributed by atoms with Gasteiger partial charge in [-0.05, 0) is 31.4 Å². The van der Waals surface area contributed by atoms with Gasteiger partial charge in [0.25, 0.3) is 0 Å². The fourth-order valence-corrected chi connectivity index (χ4v) is 4.28. The molecule has 1 amide bonds. The molecule has 1 saturated carbocycles. The summed E-state index contributed by atoms with van der Waals surface area (Å²) < 4.78 is 26.9. The van der Waals surface area contributed by atoms with E-state index in [1.165, 1.54) is 4.90 Å². The summed E-state index contributed by atoms with van der Waals surface area (Å²) in [5.41, 5.74) is 1.24. The van der Waals surface area contributed by atoms with Gasteiger partial charge in [-0.15, -0.1) is 0 Å². The van der Waals surface area contributed by atoms with Crippen molar-refractivity contribution in [2.75, 3.05) is 18.2 Å². The number of nitrogens with zero attached hydrogens (tertiary/aromatic N) is 4. The molecule has 0 bridgehead atoms. The first kappa shape index (κ1) is 18.8. The smallest absolute Gasteiger partial charge is 0.230 e. The van der Waals surface area contributed by atoms with Gasteiger partial charge in [-0.1, -0.05) is 11.6 Å². The third-order valence-electron chi connectivity index (χ3n) is 4.42. The molecule has 0 aromatic carbocycles. The summed E-state index contributed by atoms with van der Waals surface area (Å²) in [5.74, 6) is -0.354. The molecule has 2 aromatic heterocycles. The van der Waals surface area contributed by atoms with E-state index >= 15 is 0 Å². The van der Waals surface area contributed by atoms with Crippen molar-refractivity contribution in [2.45, 2.75) is 25.3 Å². The van der Waals surface area contributed by atoms with Gasteiger partial charge < -0.3 is 4.90 Å². The van der Waals surface area contributed by atoms with Crippen molar-refractivity contribution in [1.29, 1.82) is 0 Å². The van der Waals surface area contributed by atoms with Crippen molar-refractivity contribution in [1.82, 2.24) is 19.5 Å². The highest BCUT2D eigenvalue weighted by atomic mass is 35.5. The van der Waals surface area contributed by atoms with Crippen LogP contribution in [0.15, 0.2) is 30.7 Å². The van der Waals surface area contributed by atoms with Gasteiger partial charge in [0.2, 0.25) is 15.9 Å². The maximum absolute atomic E-state index is 12.8. The second kappa shape index (κ2) is 7.34.